The Hall–Kier alpha value is -1.66. The van der Waals surface area contributed by atoms with E-state index in [1.165, 1.54) is 0 Å². The second-order valence-electron chi connectivity index (χ2n) is 5.07. The van der Waals surface area contributed by atoms with Crippen LogP contribution in [0.4, 0.5) is 0 Å². The van der Waals surface area contributed by atoms with Crippen molar-refractivity contribution in [3.05, 3.63) is 29.5 Å². The van der Waals surface area contributed by atoms with Gasteiger partial charge in [-0.2, -0.15) is 0 Å². The summed E-state index contributed by atoms with van der Waals surface area (Å²) in [5, 5.41) is 11.1. The van der Waals surface area contributed by atoms with Crippen molar-refractivity contribution >= 4 is 17.3 Å². The summed E-state index contributed by atoms with van der Waals surface area (Å²) in [6.45, 7) is 3.39. The highest BCUT2D eigenvalue weighted by Gasteiger charge is 2.35. The molecule has 1 fully saturated rings. The van der Waals surface area contributed by atoms with Crippen molar-refractivity contribution in [1.82, 2.24) is 9.88 Å². The minimum Gasteiger partial charge on any atom is -0.481 e. The highest BCUT2D eigenvalue weighted by Crippen LogP contribution is 2.28. The molecule has 5 nitrogen and oxygen atoms in total. The molecular formula is C14H16N2O3S. The monoisotopic (exact) mass is 292 g/mol. The van der Waals surface area contributed by atoms with Crippen molar-refractivity contribution in [2.24, 2.45) is 5.92 Å². The van der Waals surface area contributed by atoms with E-state index in [1.54, 1.807) is 17.6 Å². The molecule has 0 amide bonds. The maximum atomic E-state index is 11.1. The van der Waals surface area contributed by atoms with Gasteiger partial charge in [-0.15, -0.1) is 11.3 Å². The van der Waals surface area contributed by atoms with E-state index in [-0.39, 0.29) is 12.0 Å². The molecule has 3 heterocycles. The largest absolute Gasteiger partial charge is 0.481 e. The van der Waals surface area contributed by atoms with E-state index in [0.717, 1.165) is 17.1 Å². The van der Waals surface area contributed by atoms with E-state index >= 15 is 0 Å². The number of oxazole rings is 1. The van der Waals surface area contributed by atoms with Crippen molar-refractivity contribution < 1.29 is 14.3 Å². The van der Waals surface area contributed by atoms with Gasteiger partial charge in [0.2, 0.25) is 5.89 Å². The molecule has 2 atom stereocenters. The van der Waals surface area contributed by atoms with E-state index in [0.29, 0.717) is 18.9 Å². The molecule has 0 bridgehead atoms. The summed E-state index contributed by atoms with van der Waals surface area (Å²) in [6, 6.07) is 3.97. The summed E-state index contributed by atoms with van der Waals surface area (Å²) in [7, 11) is 0. The van der Waals surface area contributed by atoms with Gasteiger partial charge in [-0.3, -0.25) is 9.69 Å². The molecule has 0 saturated carbocycles. The SMILES string of the molecule is CC1C(C(=O)O)CCN1Cc1coc(-c2cccs2)n1. The standard InChI is InChI=1S/C14H16N2O3S/c1-9-11(14(17)18)4-5-16(9)7-10-8-19-13(15-10)12-3-2-6-20-12/h2-3,6,8-9,11H,4-5,7H2,1H3,(H,17,18). The maximum absolute atomic E-state index is 11.1. The number of aromatic nitrogens is 1. The molecule has 1 saturated heterocycles. The predicted molar refractivity (Wildman–Crippen MR) is 75.4 cm³/mol. The summed E-state index contributed by atoms with van der Waals surface area (Å²) in [5.41, 5.74) is 0.853. The Morgan fingerprint density at radius 2 is 2.50 bits per heavy atom. The van der Waals surface area contributed by atoms with Crippen LogP contribution in [-0.4, -0.2) is 33.5 Å². The van der Waals surface area contributed by atoms with Gasteiger partial charge in [0.1, 0.15) is 6.26 Å². The van der Waals surface area contributed by atoms with E-state index in [9.17, 15) is 4.79 Å². The summed E-state index contributed by atoms with van der Waals surface area (Å²) in [5.74, 6) is -0.352. The third-order valence-electron chi connectivity index (χ3n) is 3.85. The molecule has 0 spiro atoms. The number of thiophene rings is 1. The lowest BCUT2D eigenvalue weighted by Crippen LogP contribution is -2.32. The smallest absolute Gasteiger partial charge is 0.308 e. The van der Waals surface area contributed by atoms with E-state index in [4.69, 9.17) is 9.52 Å². The summed E-state index contributed by atoms with van der Waals surface area (Å²) in [4.78, 5) is 18.7. The molecule has 1 N–H and O–H groups in total. The van der Waals surface area contributed by atoms with Crippen molar-refractivity contribution in [3.63, 3.8) is 0 Å². The first-order valence-corrected chi connectivity index (χ1v) is 7.48. The second kappa shape index (κ2) is 5.38. The normalized spacial score (nSPS) is 23.2. The average Bonchev–Trinajstić information content (AvgIpc) is 3.12. The van der Waals surface area contributed by atoms with Gasteiger partial charge >= 0.3 is 5.97 Å². The van der Waals surface area contributed by atoms with Gasteiger partial charge < -0.3 is 9.52 Å². The third kappa shape index (κ3) is 2.48. The van der Waals surface area contributed by atoms with Crippen LogP contribution in [0.15, 0.2) is 28.2 Å². The van der Waals surface area contributed by atoms with Crippen LogP contribution in [0.3, 0.4) is 0 Å². The quantitative estimate of drug-likeness (QED) is 0.938. The van der Waals surface area contributed by atoms with Crippen molar-refractivity contribution in [3.8, 4) is 10.8 Å². The molecule has 0 aliphatic carbocycles. The Kier molecular flexibility index (Phi) is 3.58. The molecule has 1 aliphatic heterocycles. The van der Waals surface area contributed by atoms with Crippen LogP contribution in [0, 0.1) is 5.92 Å². The van der Waals surface area contributed by atoms with Gasteiger partial charge in [-0.25, -0.2) is 4.98 Å². The minimum absolute atomic E-state index is 0.0365. The van der Waals surface area contributed by atoms with Crippen LogP contribution < -0.4 is 0 Å². The van der Waals surface area contributed by atoms with Gasteiger partial charge in [0.15, 0.2) is 0 Å². The van der Waals surface area contributed by atoms with Gasteiger partial charge in [-0.1, -0.05) is 6.07 Å². The number of likely N-dealkylation sites (tertiary alicyclic amines) is 1. The number of carboxylic acid groups (broad SMARTS) is 1. The molecule has 2 aromatic heterocycles. The highest BCUT2D eigenvalue weighted by molar-refractivity contribution is 7.13. The van der Waals surface area contributed by atoms with Crippen molar-refractivity contribution in [2.45, 2.75) is 25.9 Å². The van der Waals surface area contributed by atoms with Crippen LogP contribution in [0.5, 0.6) is 0 Å². The molecule has 6 heteroatoms. The fraction of sp³-hybridized carbons (Fsp3) is 0.429. The molecule has 3 rings (SSSR count). The lowest BCUT2D eigenvalue weighted by Gasteiger charge is -2.21. The van der Waals surface area contributed by atoms with Gasteiger partial charge in [0.25, 0.3) is 0 Å². The topological polar surface area (TPSA) is 66.6 Å². The number of aliphatic carboxylic acids is 1. The lowest BCUT2D eigenvalue weighted by molar-refractivity contribution is -0.142. The molecular weight excluding hydrogens is 276 g/mol. The molecule has 2 aromatic rings. The summed E-state index contributed by atoms with van der Waals surface area (Å²) >= 11 is 1.59. The van der Waals surface area contributed by atoms with E-state index < -0.39 is 5.97 Å². The van der Waals surface area contributed by atoms with Gasteiger partial charge in [0.05, 0.1) is 16.5 Å². The molecule has 0 radical (unpaired) electrons. The Morgan fingerprint density at radius 1 is 1.65 bits per heavy atom. The van der Waals surface area contributed by atoms with Crippen LogP contribution in [0.25, 0.3) is 10.8 Å². The number of carbonyl (C=O) groups is 1. The number of nitrogens with zero attached hydrogens (tertiary/aromatic N) is 2. The molecule has 2 unspecified atom stereocenters. The molecule has 0 aromatic carbocycles. The van der Waals surface area contributed by atoms with Crippen LogP contribution in [-0.2, 0) is 11.3 Å². The van der Waals surface area contributed by atoms with E-state index in [1.807, 2.05) is 24.4 Å². The molecule has 106 valence electrons. The third-order valence-corrected chi connectivity index (χ3v) is 4.71. The number of carboxylic acids is 1. The Labute approximate surface area is 120 Å². The van der Waals surface area contributed by atoms with Crippen LogP contribution >= 0.6 is 11.3 Å². The van der Waals surface area contributed by atoms with Gasteiger partial charge in [0, 0.05) is 12.6 Å². The minimum atomic E-state index is -0.709. The van der Waals surface area contributed by atoms with Crippen LogP contribution in [0.1, 0.15) is 19.0 Å². The fourth-order valence-electron chi connectivity index (χ4n) is 2.66. The Morgan fingerprint density at radius 3 is 3.15 bits per heavy atom. The summed E-state index contributed by atoms with van der Waals surface area (Å²) in [6.07, 6.45) is 2.36. The maximum Gasteiger partial charge on any atom is 0.308 e. The number of rotatable bonds is 4. The fourth-order valence-corrected chi connectivity index (χ4v) is 3.31. The van der Waals surface area contributed by atoms with Gasteiger partial charge in [-0.05, 0) is 31.3 Å². The number of hydrogen-bond donors (Lipinski definition) is 1. The van der Waals surface area contributed by atoms with Crippen molar-refractivity contribution in [2.75, 3.05) is 6.54 Å². The average molecular weight is 292 g/mol. The van der Waals surface area contributed by atoms with E-state index in [2.05, 4.69) is 9.88 Å². The molecule has 1 aliphatic rings. The zero-order chi connectivity index (χ0) is 14.1. The predicted octanol–water partition coefficient (Wildman–Crippen LogP) is 2.70. The van der Waals surface area contributed by atoms with Crippen molar-refractivity contribution in [1.29, 1.82) is 0 Å². The Bertz CT molecular complexity index is 593. The van der Waals surface area contributed by atoms with Crippen LogP contribution in [0.2, 0.25) is 0 Å². The zero-order valence-electron chi connectivity index (χ0n) is 11.2. The summed E-state index contributed by atoms with van der Waals surface area (Å²) < 4.78 is 5.49. The molecule has 20 heavy (non-hydrogen) atoms. The second-order valence-corrected chi connectivity index (χ2v) is 6.01. The first-order valence-electron chi connectivity index (χ1n) is 6.60. The lowest BCUT2D eigenvalue weighted by atomic mass is 10.0. The zero-order valence-corrected chi connectivity index (χ0v) is 12.0. The first-order chi connectivity index (χ1) is 9.65. The number of hydrogen-bond acceptors (Lipinski definition) is 5. The highest BCUT2D eigenvalue weighted by atomic mass is 32.1. The Balaban J connectivity index is 1.69. The first kappa shape index (κ1) is 13.3.